The van der Waals surface area contributed by atoms with Crippen molar-refractivity contribution in [3.63, 3.8) is 0 Å². The number of carbonyl (C=O) groups is 2. The third kappa shape index (κ3) is 2.93. The fraction of sp³-hybridized carbons (Fsp3) is 0.182. The highest BCUT2D eigenvalue weighted by molar-refractivity contribution is 9.10. The number of benzene rings is 1. The molecular formula is C11H7BrF2N2O4. The lowest BCUT2D eigenvalue weighted by molar-refractivity contribution is -0.129. The Balaban J connectivity index is 2.09. The molecule has 0 bridgehead atoms. The van der Waals surface area contributed by atoms with E-state index in [1.54, 1.807) is 0 Å². The number of nitrogens with one attached hydrogen (secondary N) is 1. The summed E-state index contributed by atoms with van der Waals surface area (Å²) < 4.78 is 26.4. The van der Waals surface area contributed by atoms with Gasteiger partial charge < -0.3 is 15.3 Å². The van der Waals surface area contributed by atoms with Gasteiger partial charge in [0, 0.05) is 17.0 Å². The molecule has 0 radical (unpaired) electrons. The lowest BCUT2D eigenvalue weighted by Gasteiger charge is -2.11. The highest BCUT2D eigenvalue weighted by Crippen LogP contribution is 2.27. The number of carboxylic acid groups (broad SMARTS) is 1. The molecule has 106 valence electrons. The fourth-order valence-corrected chi connectivity index (χ4v) is 2.02. The molecule has 0 aromatic heterocycles. The van der Waals surface area contributed by atoms with Crippen molar-refractivity contribution in [1.82, 2.24) is 0 Å². The lowest BCUT2D eigenvalue weighted by atomic mass is 10.1. The van der Waals surface area contributed by atoms with E-state index in [9.17, 15) is 18.4 Å². The number of aliphatic carboxylic acids is 1. The maximum Gasteiger partial charge on any atom is 0.353 e. The predicted molar refractivity (Wildman–Crippen MR) is 67.2 cm³/mol. The number of halogens is 3. The van der Waals surface area contributed by atoms with E-state index < -0.39 is 29.6 Å². The van der Waals surface area contributed by atoms with Gasteiger partial charge in [0.25, 0.3) is 5.91 Å². The van der Waals surface area contributed by atoms with E-state index in [1.165, 1.54) is 0 Å². The molecule has 0 fully saturated rings. The van der Waals surface area contributed by atoms with Crippen LogP contribution >= 0.6 is 15.9 Å². The van der Waals surface area contributed by atoms with E-state index in [4.69, 9.17) is 5.11 Å². The van der Waals surface area contributed by atoms with Crippen LogP contribution in [0.2, 0.25) is 0 Å². The third-order valence-electron chi connectivity index (χ3n) is 2.46. The molecule has 1 atom stereocenters. The Labute approximate surface area is 119 Å². The zero-order valence-electron chi connectivity index (χ0n) is 9.69. The van der Waals surface area contributed by atoms with Crippen LogP contribution in [0.4, 0.5) is 14.5 Å². The van der Waals surface area contributed by atoms with Gasteiger partial charge >= 0.3 is 5.97 Å². The monoisotopic (exact) mass is 348 g/mol. The first kappa shape index (κ1) is 14.4. The quantitative estimate of drug-likeness (QED) is 0.873. The molecule has 1 heterocycles. The van der Waals surface area contributed by atoms with Crippen LogP contribution in [0, 0.1) is 11.6 Å². The van der Waals surface area contributed by atoms with E-state index in [2.05, 4.69) is 31.2 Å². The van der Waals surface area contributed by atoms with Gasteiger partial charge in [-0.3, -0.25) is 4.79 Å². The number of hydrogen-bond acceptors (Lipinski definition) is 4. The second kappa shape index (κ2) is 5.53. The van der Waals surface area contributed by atoms with Crippen LogP contribution < -0.4 is 5.32 Å². The van der Waals surface area contributed by atoms with Gasteiger partial charge in [0.1, 0.15) is 5.82 Å². The number of amides is 1. The van der Waals surface area contributed by atoms with Gasteiger partial charge in [0.05, 0.1) is 5.69 Å². The van der Waals surface area contributed by atoms with Crippen LogP contribution in [0.3, 0.4) is 0 Å². The summed E-state index contributed by atoms with van der Waals surface area (Å²) in [6, 6.07) is 1.59. The molecule has 1 aromatic rings. The first-order valence-electron chi connectivity index (χ1n) is 5.30. The van der Waals surface area contributed by atoms with Crippen molar-refractivity contribution in [3.05, 3.63) is 28.2 Å². The molecule has 1 amide bonds. The Morgan fingerprint density at radius 2 is 2.15 bits per heavy atom. The molecule has 0 aliphatic carbocycles. The lowest BCUT2D eigenvalue weighted by Crippen LogP contribution is -2.29. The van der Waals surface area contributed by atoms with Crippen LogP contribution in [0.15, 0.2) is 21.8 Å². The molecule has 1 aromatic carbocycles. The average molecular weight is 349 g/mol. The molecule has 6 nitrogen and oxygen atoms in total. The minimum absolute atomic E-state index is 0.0146. The standard InChI is InChI=1S/C11H7BrF2N2O4/c12-5-1-4(13)2-6(14)9(5)15-10(17)8-3-7(11(18)19)16-20-8/h1-2,8H,3H2,(H,15,17)(H,18,19). The number of hydrogen-bond donors (Lipinski definition) is 2. The average Bonchev–Trinajstić information content (AvgIpc) is 2.83. The van der Waals surface area contributed by atoms with Crippen LogP contribution in [0.1, 0.15) is 6.42 Å². The molecular weight excluding hydrogens is 342 g/mol. The van der Waals surface area contributed by atoms with Gasteiger partial charge in [-0.05, 0) is 22.0 Å². The summed E-state index contributed by atoms with van der Waals surface area (Å²) in [6.07, 6.45) is -1.40. The van der Waals surface area contributed by atoms with Crippen LogP contribution in [-0.2, 0) is 14.4 Å². The van der Waals surface area contributed by atoms with Gasteiger partial charge in [-0.25, -0.2) is 13.6 Å². The number of anilines is 1. The highest BCUT2D eigenvalue weighted by Gasteiger charge is 2.32. The van der Waals surface area contributed by atoms with Crippen LogP contribution in [0.5, 0.6) is 0 Å². The second-order valence-corrected chi connectivity index (χ2v) is 4.73. The zero-order chi connectivity index (χ0) is 14.9. The Morgan fingerprint density at radius 3 is 2.70 bits per heavy atom. The van der Waals surface area contributed by atoms with Crippen molar-refractivity contribution in [2.45, 2.75) is 12.5 Å². The minimum atomic E-state index is -1.30. The van der Waals surface area contributed by atoms with Gasteiger partial charge in [-0.2, -0.15) is 0 Å². The number of carbonyl (C=O) groups excluding carboxylic acids is 1. The van der Waals surface area contributed by atoms with Gasteiger partial charge in [-0.15, -0.1) is 0 Å². The van der Waals surface area contributed by atoms with Crippen molar-refractivity contribution in [2.75, 3.05) is 5.32 Å². The second-order valence-electron chi connectivity index (χ2n) is 3.87. The zero-order valence-corrected chi connectivity index (χ0v) is 11.3. The van der Waals surface area contributed by atoms with E-state index in [1.807, 2.05) is 0 Å². The van der Waals surface area contributed by atoms with E-state index in [-0.39, 0.29) is 22.3 Å². The molecule has 0 saturated heterocycles. The minimum Gasteiger partial charge on any atom is -0.477 e. The van der Waals surface area contributed by atoms with E-state index >= 15 is 0 Å². The fourth-order valence-electron chi connectivity index (χ4n) is 1.51. The Hall–Kier alpha value is -2.03. The molecule has 1 unspecified atom stereocenters. The Morgan fingerprint density at radius 1 is 1.45 bits per heavy atom. The summed E-state index contributed by atoms with van der Waals surface area (Å²) in [5.41, 5.74) is -0.562. The summed E-state index contributed by atoms with van der Waals surface area (Å²) >= 11 is 2.91. The van der Waals surface area contributed by atoms with Crippen LogP contribution in [-0.4, -0.2) is 28.8 Å². The Kier molecular flexibility index (Phi) is 3.98. The number of carboxylic acids is 1. The molecule has 9 heteroatoms. The smallest absolute Gasteiger partial charge is 0.353 e. The van der Waals surface area contributed by atoms with Crippen molar-refractivity contribution in [1.29, 1.82) is 0 Å². The number of nitrogens with zero attached hydrogens (tertiary/aromatic N) is 1. The maximum absolute atomic E-state index is 13.5. The number of oxime groups is 1. The molecule has 20 heavy (non-hydrogen) atoms. The van der Waals surface area contributed by atoms with Crippen molar-refractivity contribution in [3.8, 4) is 0 Å². The molecule has 1 aliphatic heterocycles. The first-order chi connectivity index (χ1) is 9.38. The topological polar surface area (TPSA) is 88.0 Å². The summed E-state index contributed by atoms with van der Waals surface area (Å²) in [4.78, 5) is 27.1. The summed E-state index contributed by atoms with van der Waals surface area (Å²) in [5, 5.41) is 14.1. The van der Waals surface area contributed by atoms with Crippen molar-refractivity contribution >= 4 is 39.2 Å². The maximum atomic E-state index is 13.5. The highest BCUT2D eigenvalue weighted by atomic mass is 79.9. The number of rotatable bonds is 3. The molecule has 0 spiro atoms. The molecule has 0 saturated carbocycles. The molecule has 1 aliphatic rings. The normalized spacial score (nSPS) is 17.4. The first-order valence-corrected chi connectivity index (χ1v) is 6.09. The van der Waals surface area contributed by atoms with E-state index in [0.717, 1.165) is 6.07 Å². The largest absolute Gasteiger partial charge is 0.477 e. The van der Waals surface area contributed by atoms with Crippen LogP contribution in [0.25, 0.3) is 0 Å². The van der Waals surface area contributed by atoms with Crippen molar-refractivity contribution < 1.29 is 28.3 Å². The van der Waals surface area contributed by atoms with Gasteiger partial charge in [-0.1, -0.05) is 5.16 Å². The summed E-state index contributed by atoms with van der Waals surface area (Å²) in [5.74, 6) is -3.85. The molecule has 2 N–H and O–H groups in total. The summed E-state index contributed by atoms with van der Waals surface area (Å²) in [6.45, 7) is 0. The van der Waals surface area contributed by atoms with E-state index in [0.29, 0.717) is 6.07 Å². The SMILES string of the molecule is O=C(O)C1=NOC(C(=O)Nc2c(F)cc(F)cc2Br)C1. The summed E-state index contributed by atoms with van der Waals surface area (Å²) in [7, 11) is 0. The van der Waals surface area contributed by atoms with Crippen molar-refractivity contribution in [2.24, 2.45) is 5.16 Å². The predicted octanol–water partition coefficient (Wildman–Crippen LogP) is 1.90. The van der Waals surface area contributed by atoms with Gasteiger partial charge in [0.2, 0.25) is 6.10 Å². The van der Waals surface area contributed by atoms with Gasteiger partial charge in [0.15, 0.2) is 11.5 Å². The third-order valence-corrected chi connectivity index (χ3v) is 3.09. The molecule has 2 rings (SSSR count). The Bertz CT molecular complexity index is 597.